The van der Waals surface area contributed by atoms with Gasteiger partial charge in [0.05, 0.1) is 6.10 Å². The van der Waals surface area contributed by atoms with Crippen LogP contribution < -0.4 is 0 Å². The maximum Gasteiger partial charge on any atom is 0.330 e. The molecule has 94 valence electrons. The van der Waals surface area contributed by atoms with Gasteiger partial charge in [-0.2, -0.15) is 0 Å². The lowest BCUT2D eigenvalue weighted by Gasteiger charge is -2.09. The third-order valence-corrected chi connectivity index (χ3v) is 2.48. The van der Waals surface area contributed by atoms with Crippen LogP contribution in [0.3, 0.4) is 0 Å². The Morgan fingerprint density at radius 1 is 1.31 bits per heavy atom. The van der Waals surface area contributed by atoms with Gasteiger partial charge in [0.15, 0.2) is 0 Å². The second-order valence-electron chi connectivity index (χ2n) is 4.04. The van der Waals surface area contributed by atoms with Crippen LogP contribution in [0.2, 0.25) is 0 Å². The number of carbonyl (C=O) groups excluding carboxylic acids is 1. The Morgan fingerprint density at radius 2 is 1.94 bits per heavy atom. The molecule has 0 aliphatic carbocycles. The molecule has 3 nitrogen and oxygen atoms in total. The van der Waals surface area contributed by atoms with Crippen molar-refractivity contribution in [3.8, 4) is 0 Å². The summed E-state index contributed by atoms with van der Waals surface area (Å²) in [6.45, 7) is 5.56. The van der Waals surface area contributed by atoms with Crippen LogP contribution in [-0.4, -0.2) is 23.8 Å². The Balaban J connectivity index is 3.26. The van der Waals surface area contributed by atoms with Crippen molar-refractivity contribution in [2.75, 3.05) is 6.61 Å². The van der Waals surface area contributed by atoms with Crippen molar-refractivity contribution in [2.24, 2.45) is 0 Å². The van der Waals surface area contributed by atoms with Crippen LogP contribution >= 0.6 is 0 Å². The lowest BCUT2D eigenvalue weighted by molar-refractivity contribution is -0.140. The Hall–Kier alpha value is -0.830. The van der Waals surface area contributed by atoms with Gasteiger partial charge in [0.2, 0.25) is 0 Å². The second kappa shape index (κ2) is 10.7. The fraction of sp³-hybridized carbons (Fsp3) is 0.769. The molecule has 0 rings (SSSR count). The summed E-state index contributed by atoms with van der Waals surface area (Å²) in [6, 6.07) is 0. The number of carbonyl (C=O) groups is 1. The molecule has 0 fully saturated rings. The monoisotopic (exact) mass is 228 g/mol. The van der Waals surface area contributed by atoms with Gasteiger partial charge in [-0.05, 0) is 6.42 Å². The van der Waals surface area contributed by atoms with E-state index >= 15 is 0 Å². The molecule has 0 aromatic heterocycles. The number of hydrogen-bond donors (Lipinski definition) is 1. The molecular formula is C13H24O3. The second-order valence-corrected chi connectivity index (χ2v) is 4.04. The van der Waals surface area contributed by atoms with Crippen LogP contribution in [-0.2, 0) is 9.53 Å². The van der Waals surface area contributed by atoms with Gasteiger partial charge in [0, 0.05) is 6.08 Å². The van der Waals surface area contributed by atoms with E-state index in [0.29, 0.717) is 6.42 Å². The molecule has 0 saturated heterocycles. The first-order chi connectivity index (χ1) is 7.70. The van der Waals surface area contributed by atoms with E-state index in [1.54, 1.807) is 0 Å². The van der Waals surface area contributed by atoms with Gasteiger partial charge in [0.25, 0.3) is 0 Å². The Bertz CT molecular complexity index is 190. The summed E-state index contributed by atoms with van der Waals surface area (Å²) in [7, 11) is 0. The molecule has 0 saturated carbocycles. The molecule has 0 aromatic rings. The van der Waals surface area contributed by atoms with E-state index in [9.17, 15) is 9.90 Å². The number of aliphatic hydroxyl groups is 1. The highest BCUT2D eigenvalue weighted by molar-refractivity contribution is 5.81. The van der Waals surface area contributed by atoms with Gasteiger partial charge in [-0.25, -0.2) is 4.79 Å². The van der Waals surface area contributed by atoms with E-state index in [1.807, 2.05) is 0 Å². The average molecular weight is 228 g/mol. The van der Waals surface area contributed by atoms with Crippen molar-refractivity contribution in [2.45, 2.75) is 58.0 Å². The summed E-state index contributed by atoms with van der Waals surface area (Å²) in [5.41, 5.74) is 0. The molecule has 0 radical (unpaired) electrons. The minimum absolute atomic E-state index is 0.0831. The predicted molar refractivity (Wildman–Crippen MR) is 65.2 cm³/mol. The average Bonchev–Trinajstić information content (AvgIpc) is 2.30. The lowest BCUT2D eigenvalue weighted by Crippen LogP contribution is -2.17. The van der Waals surface area contributed by atoms with Gasteiger partial charge in [-0.15, -0.1) is 0 Å². The molecule has 0 heterocycles. The van der Waals surface area contributed by atoms with E-state index in [2.05, 4.69) is 13.5 Å². The van der Waals surface area contributed by atoms with Crippen molar-refractivity contribution in [3.63, 3.8) is 0 Å². The highest BCUT2D eigenvalue weighted by Gasteiger charge is 2.06. The fourth-order valence-corrected chi connectivity index (χ4v) is 1.48. The van der Waals surface area contributed by atoms with Crippen molar-refractivity contribution in [1.82, 2.24) is 0 Å². The normalized spacial score (nSPS) is 12.1. The maximum atomic E-state index is 10.7. The topological polar surface area (TPSA) is 46.5 Å². The van der Waals surface area contributed by atoms with E-state index < -0.39 is 12.1 Å². The van der Waals surface area contributed by atoms with Gasteiger partial charge in [-0.1, -0.05) is 52.0 Å². The van der Waals surface area contributed by atoms with Crippen molar-refractivity contribution >= 4 is 5.97 Å². The molecule has 1 unspecified atom stereocenters. The maximum absolute atomic E-state index is 10.7. The first kappa shape index (κ1) is 15.2. The molecule has 0 aromatic carbocycles. The number of aliphatic hydroxyl groups excluding tert-OH is 1. The minimum Gasteiger partial charge on any atom is -0.460 e. The summed E-state index contributed by atoms with van der Waals surface area (Å²) in [6.07, 6.45) is 8.47. The zero-order chi connectivity index (χ0) is 12.2. The van der Waals surface area contributed by atoms with Gasteiger partial charge in [-0.3, -0.25) is 0 Å². The number of rotatable bonds is 10. The third kappa shape index (κ3) is 9.71. The quantitative estimate of drug-likeness (QED) is 0.355. The Morgan fingerprint density at radius 3 is 2.56 bits per heavy atom. The summed E-state index contributed by atoms with van der Waals surface area (Å²) in [5.74, 6) is -0.470. The SMILES string of the molecule is C=CC(=O)OCC(O)CCCCCCCC. The van der Waals surface area contributed by atoms with E-state index in [0.717, 1.165) is 18.9 Å². The minimum atomic E-state index is -0.532. The number of ether oxygens (including phenoxy) is 1. The zero-order valence-corrected chi connectivity index (χ0v) is 10.3. The van der Waals surface area contributed by atoms with E-state index in [4.69, 9.17) is 4.74 Å². The third-order valence-electron chi connectivity index (χ3n) is 2.48. The largest absolute Gasteiger partial charge is 0.460 e. The molecule has 0 aliphatic rings. The summed E-state index contributed by atoms with van der Waals surface area (Å²) >= 11 is 0. The Labute approximate surface area is 98.5 Å². The predicted octanol–water partition coefficient (Wildman–Crippen LogP) is 2.83. The number of unbranched alkanes of at least 4 members (excludes halogenated alkanes) is 5. The zero-order valence-electron chi connectivity index (χ0n) is 10.3. The van der Waals surface area contributed by atoms with Crippen LogP contribution in [0.4, 0.5) is 0 Å². The van der Waals surface area contributed by atoms with Crippen LogP contribution in [0.25, 0.3) is 0 Å². The van der Waals surface area contributed by atoms with E-state index in [-0.39, 0.29) is 6.61 Å². The molecule has 16 heavy (non-hydrogen) atoms. The first-order valence-electron chi connectivity index (χ1n) is 6.18. The number of esters is 1. The summed E-state index contributed by atoms with van der Waals surface area (Å²) in [4.78, 5) is 10.7. The molecule has 3 heteroatoms. The van der Waals surface area contributed by atoms with Gasteiger partial charge in [0.1, 0.15) is 6.61 Å². The standard InChI is InChI=1S/C13H24O3/c1-3-5-6-7-8-9-10-12(14)11-16-13(15)4-2/h4,12,14H,2-3,5-11H2,1H3. The molecule has 1 N–H and O–H groups in total. The molecule has 0 amide bonds. The van der Waals surface area contributed by atoms with Crippen molar-refractivity contribution in [3.05, 3.63) is 12.7 Å². The lowest BCUT2D eigenvalue weighted by atomic mass is 10.1. The number of hydrogen-bond acceptors (Lipinski definition) is 3. The highest BCUT2D eigenvalue weighted by atomic mass is 16.5. The van der Waals surface area contributed by atoms with Crippen LogP contribution in [0, 0.1) is 0 Å². The van der Waals surface area contributed by atoms with Crippen LogP contribution in [0.5, 0.6) is 0 Å². The van der Waals surface area contributed by atoms with Crippen molar-refractivity contribution < 1.29 is 14.6 Å². The smallest absolute Gasteiger partial charge is 0.330 e. The van der Waals surface area contributed by atoms with Crippen LogP contribution in [0.15, 0.2) is 12.7 Å². The molecular weight excluding hydrogens is 204 g/mol. The molecule has 0 bridgehead atoms. The Kier molecular flexibility index (Phi) is 10.1. The highest BCUT2D eigenvalue weighted by Crippen LogP contribution is 2.08. The molecule has 0 aliphatic heterocycles. The fourth-order valence-electron chi connectivity index (χ4n) is 1.48. The summed E-state index contributed by atoms with van der Waals surface area (Å²) in [5, 5.41) is 9.48. The molecule has 1 atom stereocenters. The first-order valence-corrected chi connectivity index (χ1v) is 6.18. The van der Waals surface area contributed by atoms with Crippen LogP contribution in [0.1, 0.15) is 51.9 Å². The molecule has 0 spiro atoms. The van der Waals surface area contributed by atoms with Gasteiger partial charge >= 0.3 is 5.97 Å². The van der Waals surface area contributed by atoms with E-state index in [1.165, 1.54) is 25.7 Å². The van der Waals surface area contributed by atoms with Crippen molar-refractivity contribution in [1.29, 1.82) is 0 Å². The summed E-state index contributed by atoms with van der Waals surface area (Å²) < 4.78 is 4.74. The van der Waals surface area contributed by atoms with Gasteiger partial charge < -0.3 is 9.84 Å².